The molecule has 0 atom stereocenters. The predicted molar refractivity (Wildman–Crippen MR) is 162 cm³/mol. The second-order valence-electron chi connectivity index (χ2n) is 11.7. The number of hydrogen-bond donors (Lipinski definition) is 0. The molecule has 2 aliphatic carbocycles. The molecule has 0 saturated carbocycles. The Hall–Kier alpha value is -3.32. The van der Waals surface area contributed by atoms with Gasteiger partial charge in [-0.15, -0.1) is 0 Å². The van der Waals surface area contributed by atoms with E-state index in [1.54, 1.807) is 11.1 Å². The van der Waals surface area contributed by atoms with E-state index in [0.717, 1.165) is 32.2 Å². The summed E-state index contributed by atoms with van der Waals surface area (Å²) >= 11 is 0. The third-order valence-corrected chi connectivity index (χ3v) is 10.6. The minimum absolute atomic E-state index is 0.0625. The number of rotatable bonds is 5. The maximum Gasteiger partial charge on any atom is 0.0443 e. The van der Waals surface area contributed by atoms with Crippen LogP contribution in [0.15, 0.2) is 78.9 Å². The second kappa shape index (κ2) is 8.60. The average molecular weight is 498 g/mol. The van der Waals surface area contributed by atoms with Gasteiger partial charge in [0, 0.05) is 28.7 Å². The number of anilines is 2. The number of nitrogens with zero attached hydrogens (tertiary/aromatic N) is 1. The van der Waals surface area contributed by atoms with Gasteiger partial charge in [0.15, 0.2) is 0 Å². The first kappa shape index (κ1) is 23.8. The zero-order valence-electron chi connectivity index (χ0n) is 23.4. The van der Waals surface area contributed by atoms with Crippen LogP contribution >= 0.6 is 0 Å². The molecule has 1 heterocycles. The van der Waals surface area contributed by atoms with E-state index < -0.39 is 0 Å². The van der Waals surface area contributed by atoms with Gasteiger partial charge in [-0.2, -0.15) is 0 Å². The summed E-state index contributed by atoms with van der Waals surface area (Å²) in [7, 11) is 0. The SMILES string of the molecule is CCC1(CC)c2ccccc2-c2cc3c(cc21)C(CC)(CC)c1cc(N2CCCc4ccccc42)ccc1-3. The molecule has 0 bridgehead atoms. The molecule has 1 nitrogen and oxygen atoms in total. The Morgan fingerprint density at radius 2 is 1.18 bits per heavy atom. The van der Waals surface area contributed by atoms with Crippen LogP contribution in [0.3, 0.4) is 0 Å². The van der Waals surface area contributed by atoms with Crippen molar-refractivity contribution < 1.29 is 0 Å². The summed E-state index contributed by atoms with van der Waals surface area (Å²) in [5.41, 5.74) is 16.4. The van der Waals surface area contributed by atoms with E-state index in [0.29, 0.717) is 0 Å². The summed E-state index contributed by atoms with van der Waals surface area (Å²) < 4.78 is 0. The topological polar surface area (TPSA) is 3.24 Å². The molecule has 0 spiro atoms. The van der Waals surface area contributed by atoms with Crippen molar-refractivity contribution in [1.29, 1.82) is 0 Å². The predicted octanol–water partition coefficient (Wildman–Crippen LogP) is 9.94. The molecule has 4 aromatic rings. The summed E-state index contributed by atoms with van der Waals surface area (Å²) in [5, 5.41) is 0. The molecule has 0 aromatic heterocycles. The van der Waals surface area contributed by atoms with Crippen molar-refractivity contribution in [2.75, 3.05) is 11.4 Å². The van der Waals surface area contributed by atoms with Crippen LogP contribution in [0.25, 0.3) is 22.3 Å². The molecular weight excluding hydrogens is 458 g/mol. The first-order valence-corrected chi connectivity index (χ1v) is 14.9. The summed E-state index contributed by atoms with van der Waals surface area (Å²) in [6, 6.07) is 30.8. The van der Waals surface area contributed by atoms with E-state index in [2.05, 4.69) is 111 Å². The van der Waals surface area contributed by atoms with E-state index in [1.807, 2.05) is 0 Å². The zero-order chi connectivity index (χ0) is 26.1. The van der Waals surface area contributed by atoms with E-state index in [4.69, 9.17) is 0 Å². The normalized spacial score (nSPS) is 17.4. The van der Waals surface area contributed by atoms with Crippen molar-refractivity contribution in [3.8, 4) is 22.3 Å². The quantitative estimate of drug-likeness (QED) is 0.265. The summed E-state index contributed by atoms with van der Waals surface area (Å²) in [6.45, 7) is 10.7. The number of hydrogen-bond acceptors (Lipinski definition) is 1. The highest BCUT2D eigenvalue weighted by atomic mass is 15.1. The first-order chi connectivity index (χ1) is 18.6. The van der Waals surface area contributed by atoms with Crippen LogP contribution in [0.4, 0.5) is 11.4 Å². The number of fused-ring (bicyclic) bond motifs is 7. The van der Waals surface area contributed by atoms with Gasteiger partial charge in [0.1, 0.15) is 0 Å². The van der Waals surface area contributed by atoms with E-state index in [9.17, 15) is 0 Å². The molecule has 1 aliphatic heterocycles. The molecule has 4 aromatic carbocycles. The Bertz CT molecular complexity index is 1550. The van der Waals surface area contributed by atoms with Gasteiger partial charge in [-0.3, -0.25) is 0 Å². The van der Waals surface area contributed by atoms with Gasteiger partial charge < -0.3 is 4.90 Å². The third kappa shape index (κ3) is 2.94. The molecule has 7 rings (SSSR count). The van der Waals surface area contributed by atoms with Gasteiger partial charge in [0.05, 0.1) is 0 Å². The van der Waals surface area contributed by atoms with Gasteiger partial charge >= 0.3 is 0 Å². The average Bonchev–Trinajstić information content (AvgIpc) is 3.42. The largest absolute Gasteiger partial charge is 0.341 e. The highest BCUT2D eigenvalue weighted by molar-refractivity contribution is 5.91. The summed E-state index contributed by atoms with van der Waals surface area (Å²) in [4.78, 5) is 2.56. The first-order valence-electron chi connectivity index (χ1n) is 14.9. The minimum atomic E-state index is 0.0625. The van der Waals surface area contributed by atoms with E-state index in [1.165, 1.54) is 63.2 Å². The Morgan fingerprint density at radius 3 is 1.92 bits per heavy atom. The van der Waals surface area contributed by atoms with Gasteiger partial charge in [-0.05, 0) is 113 Å². The summed E-state index contributed by atoms with van der Waals surface area (Å²) in [6.07, 6.45) is 6.93. The van der Waals surface area contributed by atoms with Gasteiger partial charge in [-0.1, -0.05) is 82.3 Å². The molecule has 0 unspecified atom stereocenters. The molecular formula is C37H39N. The van der Waals surface area contributed by atoms with Crippen LogP contribution in [0.5, 0.6) is 0 Å². The third-order valence-electron chi connectivity index (χ3n) is 10.6. The molecule has 0 amide bonds. The van der Waals surface area contributed by atoms with E-state index in [-0.39, 0.29) is 10.8 Å². The van der Waals surface area contributed by atoms with E-state index >= 15 is 0 Å². The maximum absolute atomic E-state index is 2.65. The van der Waals surface area contributed by atoms with Crippen LogP contribution in [0, 0.1) is 0 Å². The Morgan fingerprint density at radius 1 is 0.579 bits per heavy atom. The fraction of sp³-hybridized carbons (Fsp3) is 0.351. The molecule has 0 saturated heterocycles. The second-order valence-corrected chi connectivity index (χ2v) is 11.7. The van der Waals surface area contributed by atoms with Gasteiger partial charge in [-0.25, -0.2) is 0 Å². The van der Waals surface area contributed by atoms with Crippen LogP contribution in [0.1, 0.15) is 87.6 Å². The molecule has 1 heteroatoms. The lowest BCUT2D eigenvalue weighted by Gasteiger charge is -2.35. The molecule has 0 radical (unpaired) electrons. The van der Waals surface area contributed by atoms with Crippen molar-refractivity contribution in [2.24, 2.45) is 0 Å². The van der Waals surface area contributed by atoms with Crippen LogP contribution in [-0.2, 0) is 17.3 Å². The standard InChI is InChI=1S/C37H39N/c1-5-36(6-2)31-17-11-10-16-27(31)29-23-30-28-20-19-26(38-21-13-15-25-14-9-12-18-35(25)38)22-32(28)37(7-3,8-4)34(30)24-33(29)36/h9-12,14,16-20,22-24H,5-8,13,15,21H2,1-4H3. The molecule has 0 N–H and O–H groups in total. The van der Waals surface area contributed by atoms with Crippen LogP contribution in [-0.4, -0.2) is 6.54 Å². The lowest BCUT2D eigenvalue weighted by atomic mass is 9.70. The Kier molecular flexibility index (Phi) is 5.38. The lowest BCUT2D eigenvalue weighted by Crippen LogP contribution is -2.27. The highest BCUT2D eigenvalue weighted by Gasteiger charge is 2.46. The lowest BCUT2D eigenvalue weighted by molar-refractivity contribution is 0.476. The van der Waals surface area contributed by atoms with Crippen molar-refractivity contribution in [3.63, 3.8) is 0 Å². The van der Waals surface area contributed by atoms with Gasteiger partial charge in [0.25, 0.3) is 0 Å². The molecule has 192 valence electrons. The van der Waals surface area contributed by atoms with Gasteiger partial charge in [0.2, 0.25) is 0 Å². The number of aryl methyl sites for hydroxylation is 1. The van der Waals surface area contributed by atoms with Crippen molar-refractivity contribution >= 4 is 11.4 Å². The molecule has 38 heavy (non-hydrogen) atoms. The Balaban J connectivity index is 1.44. The minimum Gasteiger partial charge on any atom is -0.341 e. The van der Waals surface area contributed by atoms with Crippen LogP contribution < -0.4 is 4.90 Å². The highest BCUT2D eigenvalue weighted by Crippen LogP contribution is 2.60. The molecule has 3 aliphatic rings. The number of para-hydroxylation sites is 1. The van der Waals surface area contributed by atoms with Crippen molar-refractivity contribution in [1.82, 2.24) is 0 Å². The maximum atomic E-state index is 2.65. The molecule has 0 fully saturated rings. The van der Waals surface area contributed by atoms with Crippen molar-refractivity contribution in [3.05, 3.63) is 107 Å². The zero-order valence-corrected chi connectivity index (χ0v) is 23.4. The smallest absolute Gasteiger partial charge is 0.0443 e. The van der Waals surface area contributed by atoms with Crippen LogP contribution in [0.2, 0.25) is 0 Å². The summed E-state index contributed by atoms with van der Waals surface area (Å²) in [5.74, 6) is 0. The number of benzene rings is 4. The monoisotopic (exact) mass is 497 g/mol. The Labute approximate surface area is 228 Å². The fourth-order valence-electron chi connectivity index (χ4n) is 8.42. The van der Waals surface area contributed by atoms with Crippen molar-refractivity contribution in [2.45, 2.75) is 77.0 Å². The fourth-order valence-corrected chi connectivity index (χ4v) is 8.42.